The van der Waals surface area contributed by atoms with Gasteiger partial charge in [-0.2, -0.15) is 4.31 Å². The van der Waals surface area contributed by atoms with Crippen LogP contribution in [0.15, 0.2) is 48.1 Å². The van der Waals surface area contributed by atoms with E-state index in [-0.39, 0.29) is 36.7 Å². The number of hydrogen-bond donors (Lipinski definition) is 0. The van der Waals surface area contributed by atoms with Crippen LogP contribution in [0.4, 0.5) is 10.1 Å². The smallest absolute Gasteiger partial charge is 0.253 e. The monoisotopic (exact) mass is 579 g/mol. The summed E-state index contributed by atoms with van der Waals surface area (Å²) in [5.41, 5.74) is 0.607. The molecule has 0 saturated carbocycles. The van der Waals surface area contributed by atoms with E-state index in [1.807, 2.05) is 0 Å². The summed E-state index contributed by atoms with van der Waals surface area (Å²) in [7, 11) is 0.726. The Bertz CT molecular complexity index is 1520. The molecule has 0 spiro atoms. The van der Waals surface area contributed by atoms with Crippen LogP contribution in [0.3, 0.4) is 0 Å². The minimum absolute atomic E-state index is 0.0119. The lowest BCUT2D eigenvalue weighted by atomic mass is 10.1. The van der Waals surface area contributed by atoms with Gasteiger partial charge in [-0.15, -0.1) is 11.3 Å². The Morgan fingerprint density at radius 2 is 2.03 bits per heavy atom. The van der Waals surface area contributed by atoms with E-state index >= 15 is 4.39 Å². The third-order valence-electron chi connectivity index (χ3n) is 6.25. The minimum Gasteiger partial charge on any atom is -0.345 e. The molecule has 1 fully saturated rings. The molecule has 0 aliphatic carbocycles. The SMILES string of the molecule is C/C(=C\S(=O)(=O)N(Cc1nccn1C)[C@H]1CCN(c2ccc(C(=O)N(C)C)cc2F)C1=O)c1ccc(Cl)s1. The Morgan fingerprint density at radius 3 is 2.61 bits per heavy atom. The molecule has 202 valence electrons. The molecule has 38 heavy (non-hydrogen) atoms. The maximum Gasteiger partial charge on any atom is 0.253 e. The lowest BCUT2D eigenvalue weighted by Gasteiger charge is -2.26. The third-order valence-corrected chi connectivity index (χ3v) is 9.30. The first-order valence-corrected chi connectivity index (χ1v) is 14.3. The second-order valence-corrected chi connectivity index (χ2v) is 12.6. The summed E-state index contributed by atoms with van der Waals surface area (Å²) < 4.78 is 45.7. The Morgan fingerprint density at radius 1 is 1.29 bits per heavy atom. The zero-order valence-electron chi connectivity index (χ0n) is 21.3. The molecule has 0 bridgehead atoms. The fourth-order valence-corrected chi connectivity index (χ4v) is 6.87. The van der Waals surface area contributed by atoms with Crippen LogP contribution in [0.1, 0.15) is 34.4 Å². The van der Waals surface area contributed by atoms with E-state index in [0.717, 1.165) is 15.8 Å². The Kier molecular flexibility index (Phi) is 8.07. The van der Waals surface area contributed by atoms with E-state index in [2.05, 4.69) is 4.98 Å². The van der Waals surface area contributed by atoms with Crippen LogP contribution in [0.25, 0.3) is 5.57 Å². The average molecular weight is 580 g/mol. The molecule has 1 aromatic carbocycles. The number of sulfonamides is 1. The van der Waals surface area contributed by atoms with Gasteiger partial charge in [0.2, 0.25) is 15.9 Å². The number of rotatable bonds is 8. The molecular formula is C25H27ClFN5O4S2. The molecule has 1 aliphatic heterocycles. The van der Waals surface area contributed by atoms with Gasteiger partial charge < -0.3 is 14.4 Å². The maximum absolute atomic E-state index is 15.1. The number of carbonyl (C=O) groups is 2. The molecule has 1 aliphatic rings. The highest BCUT2D eigenvalue weighted by molar-refractivity contribution is 7.92. The standard InChI is InChI=1S/C25H27ClFN5O4S2/c1-16(21-7-8-22(26)37-21)15-38(35,36)32(14-23-28-10-12-30(23)4)20-9-11-31(25(20)34)19-6-5-17(13-18(19)27)24(33)29(2)3/h5-8,10,12-13,15,20H,9,11,14H2,1-4H3/b16-15+/t20-/m0/s1. The molecule has 3 aromatic rings. The number of anilines is 1. The number of aromatic nitrogens is 2. The number of allylic oxidation sites excluding steroid dienone is 1. The van der Waals surface area contributed by atoms with Crippen LogP contribution in [-0.4, -0.2) is 65.7 Å². The Labute approximate surface area is 229 Å². The van der Waals surface area contributed by atoms with E-state index in [1.54, 1.807) is 57.2 Å². The quantitative estimate of drug-likeness (QED) is 0.402. The van der Waals surface area contributed by atoms with Gasteiger partial charge in [-0.05, 0) is 49.2 Å². The van der Waals surface area contributed by atoms with Crippen molar-refractivity contribution >= 4 is 56.0 Å². The number of nitrogens with zero attached hydrogens (tertiary/aromatic N) is 5. The van der Waals surface area contributed by atoms with Crippen molar-refractivity contribution in [2.24, 2.45) is 7.05 Å². The van der Waals surface area contributed by atoms with E-state index in [0.29, 0.717) is 20.6 Å². The highest BCUT2D eigenvalue weighted by Gasteiger charge is 2.42. The minimum atomic E-state index is -4.12. The van der Waals surface area contributed by atoms with Crippen molar-refractivity contribution in [1.29, 1.82) is 0 Å². The predicted octanol–water partition coefficient (Wildman–Crippen LogP) is 3.97. The number of amides is 2. The van der Waals surface area contributed by atoms with Crippen molar-refractivity contribution in [2.45, 2.75) is 25.9 Å². The van der Waals surface area contributed by atoms with Gasteiger partial charge in [-0.3, -0.25) is 9.59 Å². The summed E-state index contributed by atoms with van der Waals surface area (Å²) >= 11 is 7.27. The van der Waals surface area contributed by atoms with Crippen LogP contribution in [0.2, 0.25) is 4.34 Å². The van der Waals surface area contributed by atoms with Gasteiger partial charge in [0.25, 0.3) is 5.91 Å². The molecule has 2 amide bonds. The largest absolute Gasteiger partial charge is 0.345 e. The highest BCUT2D eigenvalue weighted by Crippen LogP contribution is 2.32. The van der Waals surface area contributed by atoms with E-state index in [9.17, 15) is 18.0 Å². The Balaban J connectivity index is 1.67. The molecule has 13 heteroatoms. The van der Waals surface area contributed by atoms with Crippen molar-refractivity contribution in [3.05, 3.63) is 74.6 Å². The molecule has 0 N–H and O–H groups in total. The topological polar surface area (TPSA) is 95.8 Å². The van der Waals surface area contributed by atoms with Gasteiger partial charge in [-0.25, -0.2) is 17.8 Å². The van der Waals surface area contributed by atoms with Gasteiger partial charge in [0, 0.05) is 50.5 Å². The normalized spacial score (nSPS) is 16.5. The van der Waals surface area contributed by atoms with Crippen LogP contribution in [0.5, 0.6) is 0 Å². The van der Waals surface area contributed by atoms with Crippen LogP contribution in [-0.2, 0) is 28.4 Å². The van der Waals surface area contributed by atoms with Crippen LogP contribution in [0, 0.1) is 5.82 Å². The summed E-state index contributed by atoms with van der Waals surface area (Å²) in [6.45, 7) is 1.62. The molecule has 1 saturated heterocycles. The number of halogens is 2. The molecule has 2 aromatic heterocycles. The van der Waals surface area contributed by atoms with Crippen LogP contribution < -0.4 is 4.90 Å². The van der Waals surface area contributed by atoms with Crippen LogP contribution >= 0.6 is 22.9 Å². The maximum atomic E-state index is 15.1. The molecule has 4 rings (SSSR count). The Hall–Kier alpha value is -3.06. The zero-order chi connectivity index (χ0) is 27.8. The fraction of sp³-hybridized carbons (Fsp3) is 0.320. The van der Waals surface area contributed by atoms with Crippen molar-refractivity contribution in [3.63, 3.8) is 0 Å². The molecule has 0 radical (unpaired) electrons. The number of thiophene rings is 1. The first kappa shape index (κ1) is 28.0. The summed E-state index contributed by atoms with van der Waals surface area (Å²) in [6, 6.07) is 6.24. The summed E-state index contributed by atoms with van der Waals surface area (Å²) in [6.07, 6.45) is 3.38. The predicted molar refractivity (Wildman–Crippen MR) is 146 cm³/mol. The second kappa shape index (κ2) is 11.0. The first-order valence-electron chi connectivity index (χ1n) is 11.6. The molecular weight excluding hydrogens is 553 g/mol. The summed E-state index contributed by atoms with van der Waals surface area (Å²) in [5.74, 6) is -1.22. The van der Waals surface area contributed by atoms with E-state index in [4.69, 9.17) is 11.6 Å². The third kappa shape index (κ3) is 5.68. The average Bonchev–Trinajstić information content (AvgIpc) is 3.57. The van der Waals surface area contributed by atoms with Crippen molar-refractivity contribution < 1.29 is 22.4 Å². The van der Waals surface area contributed by atoms with Gasteiger partial charge in [0.15, 0.2) is 0 Å². The summed E-state index contributed by atoms with van der Waals surface area (Å²) in [4.78, 5) is 33.2. The molecule has 3 heterocycles. The zero-order valence-corrected chi connectivity index (χ0v) is 23.6. The number of imidazole rings is 1. The molecule has 0 unspecified atom stereocenters. The number of aryl methyl sites for hydroxylation is 1. The van der Waals surface area contributed by atoms with Gasteiger partial charge in [-0.1, -0.05) is 11.6 Å². The highest BCUT2D eigenvalue weighted by atomic mass is 35.5. The van der Waals surface area contributed by atoms with Gasteiger partial charge in [0.1, 0.15) is 17.7 Å². The van der Waals surface area contributed by atoms with Gasteiger partial charge in [0.05, 0.1) is 22.0 Å². The van der Waals surface area contributed by atoms with Gasteiger partial charge >= 0.3 is 0 Å². The molecule has 1 atom stereocenters. The number of hydrogen-bond acceptors (Lipinski definition) is 6. The number of carbonyl (C=O) groups excluding carboxylic acids is 2. The second-order valence-electron chi connectivity index (χ2n) is 9.11. The summed E-state index contributed by atoms with van der Waals surface area (Å²) in [5, 5.41) is 1.12. The fourth-order valence-electron chi connectivity index (χ4n) is 4.23. The van der Waals surface area contributed by atoms with Crippen molar-refractivity contribution in [2.75, 3.05) is 25.5 Å². The van der Waals surface area contributed by atoms with Crippen molar-refractivity contribution in [1.82, 2.24) is 18.8 Å². The van der Waals surface area contributed by atoms with E-state index in [1.165, 1.54) is 33.3 Å². The first-order chi connectivity index (χ1) is 17.9. The molecule has 9 nitrogen and oxygen atoms in total. The van der Waals surface area contributed by atoms with E-state index < -0.39 is 27.8 Å². The lowest BCUT2D eigenvalue weighted by Crippen LogP contribution is -2.44. The van der Waals surface area contributed by atoms with Crippen molar-refractivity contribution in [3.8, 4) is 0 Å². The number of benzene rings is 1. The lowest BCUT2D eigenvalue weighted by molar-refractivity contribution is -0.120.